The van der Waals surface area contributed by atoms with Crippen LogP contribution in [0.3, 0.4) is 0 Å². The highest BCUT2D eigenvalue weighted by atomic mass is 16.6. The van der Waals surface area contributed by atoms with E-state index in [4.69, 9.17) is 5.11 Å². The quantitative estimate of drug-likeness (QED) is 0.432. The topological polar surface area (TPSA) is 110 Å². The van der Waals surface area contributed by atoms with E-state index in [1.165, 1.54) is 12.1 Å². The third-order valence-corrected chi connectivity index (χ3v) is 4.08. The average molecular weight is 346 g/mol. The summed E-state index contributed by atoms with van der Waals surface area (Å²) >= 11 is 0. The minimum atomic E-state index is -0.817. The van der Waals surface area contributed by atoms with E-state index in [0.717, 1.165) is 16.8 Å². The Kier molecular flexibility index (Phi) is 5.53. The lowest BCUT2D eigenvalue weighted by atomic mass is 9.90. The van der Waals surface area contributed by atoms with Gasteiger partial charge in [-0.2, -0.15) is 5.10 Å². The van der Waals surface area contributed by atoms with Gasteiger partial charge in [0.2, 0.25) is 0 Å². The molecule has 0 saturated carbocycles. The first-order valence-corrected chi connectivity index (χ1v) is 7.92. The molecule has 25 heavy (non-hydrogen) atoms. The Morgan fingerprint density at radius 3 is 2.56 bits per heavy atom. The van der Waals surface area contributed by atoms with Gasteiger partial charge in [-0.05, 0) is 38.9 Å². The highest BCUT2D eigenvalue weighted by Crippen LogP contribution is 2.24. The van der Waals surface area contributed by atoms with Gasteiger partial charge in [-0.1, -0.05) is 0 Å². The number of non-ortho nitro benzene ring substituents is 1. The van der Waals surface area contributed by atoms with Crippen LogP contribution in [0.4, 0.5) is 5.69 Å². The van der Waals surface area contributed by atoms with Gasteiger partial charge in [-0.3, -0.25) is 19.6 Å². The van der Waals surface area contributed by atoms with Gasteiger partial charge in [0, 0.05) is 43.0 Å². The number of carboxylic acids is 1. The first kappa shape index (κ1) is 18.6. The second-order valence-electron chi connectivity index (χ2n) is 6.60. The minimum absolute atomic E-state index is 0.0373. The number of carboxylic acid groups (broad SMARTS) is 1. The van der Waals surface area contributed by atoms with Crippen molar-refractivity contribution in [2.75, 3.05) is 6.54 Å². The number of aliphatic carboxylic acids is 1. The molecule has 0 spiro atoms. The van der Waals surface area contributed by atoms with Gasteiger partial charge < -0.3 is 10.4 Å². The maximum atomic E-state index is 11.1. The number of benzene rings is 1. The summed E-state index contributed by atoms with van der Waals surface area (Å²) in [7, 11) is 1.81. The number of nitro groups is 1. The van der Waals surface area contributed by atoms with E-state index >= 15 is 0 Å². The number of rotatable bonds is 8. The Bertz CT molecular complexity index is 765. The molecule has 8 nitrogen and oxygen atoms in total. The standard InChI is InChI=1S/C17H22N4O4/c1-17(2,16(22)23)8-9-18-10-13-11-20(3)19-15(13)12-4-6-14(7-5-12)21(24)25/h4-7,11,18H,8-10H2,1-3H3,(H,22,23). The summed E-state index contributed by atoms with van der Waals surface area (Å²) in [5, 5.41) is 27.5. The van der Waals surface area contributed by atoms with Crippen molar-refractivity contribution >= 4 is 11.7 Å². The number of hydrogen-bond acceptors (Lipinski definition) is 5. The Morgan fingerprint density at radius 1 is 1.36 bits per heavy atom. The number of nitro benzene ring substituents is 1. The summed E-state index contributed by atoms with van der Waals surface area (Å²) < 4.78 is 1.69. The van der Waals surface area contributed by atoms with Crippen LogP contribution in [-0.4, -0.2) is 32.3 Å². The molecule has 0 amide bonds. The summed E-state index contributed by atoms with van der Waals surface area (Å²) in [4.78, 5) is 21.4. The first-order chi connectivity index (χ1) is 11.7. The molecule has 0 atom stereocenters. The van der Waals surface area contributed by atoms with E-state index < -0.39 is 16.3 Å². The summed E-state index contributed by atoms with van der Waals surface area (Å²) in [5.74, 6) is -0.817. The molecule has 0 unspecified atom stereocenters. The molecule has 2 rings (SSSR count). The summed E-state index contributed by atoms with van der Waals surface area (Å²) in [5.41, 5.74) is 1.76. The Morgan fingerprint density at radius 2 is 2.00 bits per heavy atom. The van der Waals surface area contributed by atoms with Crippen molar-refractivity contribution in [1.82, 2.24) is 15.1 Å². The van der Waals surface area contributed by atoms with Crippen LogP contribution in [0.5, 0.6) is 0 Å². The van der Waals surface area contributed by atoms with Crippen molar-refractivity contribution in [2.45, 2.75) is 26.8 Å². The van der Waals surface area contributed by atoms with Crippen molar-refractivity contribution in [2.24, 2.45) is 12.5 Å². The predicted molar refractivity (Wildman–Crippen MR) is 93.0 cm³/mol. The number of aryl methyl sites for hydroxylation is 1. The minimum Gasteiger partial charge on any atom is -0.481 e. The normalized spacial score (nSPS) is 11.5. The smallest absolute Gasteiger partial charge is 0.309 e. The number of carbonyl (C=O) groups is 1. The second kappa shape index (κ2) is 7.43. The Hall–Kier alpha value is -2.74. The van der Waals surface area contributed by atoms with Crippen molar-refractivity contribution in [3.63, 3.8) is 0 Å². The molecule has 1 aromatic heterocycles. The van der Waals surface area contributed by atoms with Crippen molar-refractivity contribution in [3.05, 3.63) is 46.1 Å². The van der Waals surface area contributed by atoms with Crippen molar-refractivity contribution in [1.29, 1.82) is 0 Å². The molecular weight excluding hydrogens is 324 g/mol. The largest absolute Gasteiger partial charge is 0.481 e. The molecule has 0 radical (unpaired) electrons. The second-order valence-corrected chi connectivity index (χ2v) is 6.60. The SMILES string of the molecule is Cn1cc(CNCCC(C)(C)C(=O)O)c(-c2ccc([N+](=O)[O-])cc2)n1. The summed E-state index contributed by atoms with van der Waals surface area (Å²) in [6.07, 6.45) is 2.39. The maximum absolute atomic E-state index is 11.1. The molecule has 134 valence electrons. The van der Waals surface area contributed by atoms with E-state index in [2.05, 4.69) is 10.4 Å². The number of hydrogen-bond donors (Lipinski definition) is 2. The van der Waals surface area contributed by atoms with E-state index in [9.17, 15) is 14.9 Å². The van der Waals surface area contributed by atoms with Gasteiger partial charge in [0.05, 0.1) is 16.0 Å². The molecule has 2 aromatic rings. The van der Waals surface area contributed by atoms with E-state index in [1.807, 2.05) is 13.2 Å². The molecule has 0 saturated heterocycles. The molecule has 1 heterocycles. The van der Waals surface area contributed by atoms with Crippen LogP contribution in [0.25, 0.3) is 11.3 Å². The maximum Gasteiger partial charge on any atom is 0.309 e. The molecule has 8 heteroatoms. The van der Waals surface area contributed by atoms with E-state index in [0.29, 0.717) is 19.5 Å². The van der Waals surface area contributed by atoms with Crippen LogP contribution in [0.2, 0.25) is 0 Å². The fourth-order valence-corrected chi connectivity index (χ4v) is 2.38. The van der Waals surface area contributed by atoms with Crippen molar-refractivity contribution in [3.8, 4) is 11.3 Å². The van der Waals surface area contributed by atoms with Gasteiger partial charge in [0.1, 0.15) is 0 Å². The van der Waals surface area contributed by atoms with Crippen LogP contribution >= 0.6 is 0 Å². The zero-order valence-corrected chi connectivity index (χ0v) is 14.5. The van der Waals surface area contributed by atoms with E-state index in [1.54, 1.807) is 30.7 Å². The molecule has 0 fully saturated rings. The van der Waals surface area contributed by atoms with Gasteiger partial charge >= 0.3 is 5.97 Å². The van der Waals surface area contributed by atoms with Gasteiger partial charge in [0.15, 0.2) is 0 Å². The Balaban J connectivity index is 2.05. The molecule has 1 aromatic carbocycles. The third kappa shape index (κ3) is 4.63. The summed E-state index contributed by atoms with van der Waals surface area (Å²) in [6, 6.07) is 6.27. The first-order valence-electron chi connectivity index (χ1n) is 7.92. The van der Waals surface area contributed by atoms with Crippen molar-refractivity contribution < 1.29 is 14.8 Å². The number of nitrogens with one attached hydrogen (secondary N) is 1. The van der Waals surface area contributed by atoms with Crippen LogP contribution < -0.4 is 5.32 Å². The lowest BCUT2D eigenvalue weighted by Gasteiger charge is -2.18. The third-order valence-electron chi connectivity index (χ3n) is 4.08. The molecular formula is C17H22N4O4. The molecule has 0 bridgehead atoms. The van der Waals surface area contributed by atoms with E-state index in [-0.39, 0.29) is 5.69 Å². The number of nitrogens with zero attached hydrogens (tertiary/aromatic N) is 3. The van der Waals surface area contributed by atoms with Crippen LogP contribution in [0, 0.1) is 15.5 Å². The zero-order valence-electron chi connectivity index (χ0n) is 14.5. The number of aromatic nitrogens is 2. The monoisotopic (exact) mass is 346 g/mol. The molecule has 2 N–H and O–H groups in total. The van der Waals surface area contributed by atoms with Gasteiger partial charge in [0.25, 0.3) is 5.69 Å². The zero-order chi connectivity index (χ0) is 18.6. The lowest BCUT2D eigenvalue weighted by Crippen LogP contribution is -2.28. The van der Waals surface area contributed by atoms with Crippen LogP contribution in [0.1, 0.15) is 25.8 Å². The van der Waals surface area contributed by atoms with Crippen LogP contribution in [-0.2, 0) is 18.4 Å². The van der Waals surface area contributed by atoms with Gasteiger partial charge in [-0.15, -0.1) is 0 Å². The van der Waals surface area contributed by atoms with Gasteiger partial charge in [-0.25, -0.2) is 0 Å². The summed E-state index contributed by atoms with van der Waals surface area (Å²) in [6.45, 7) is 4.50. The molecule has 0 aliphatic heterocycles. The molecule has 0 aliphatic carbocycles. The fourth-order valence-electron chi connectivity index (χ4n) is 2.38. The lowest BCUT2D eigenvalue weighted by molar-refractivity contribution is -0.384. The van der Waals surface area contributed by atoms with Crippen LogP contribution in [0.15, 0.2) is 30.5 Å². The highest BCUT2D eigenvalue weighted by molar-refractivity contribution is 5.73. The molecule has 0 aliphatic rings. The average Bonchev–Trinajstić information content (AvgIpc) is 2.92. The predicted octanol–water partition coefficient (Wildman–Crippen LogP) is 2.59. The highest BCUT2D eigenvalue weighted by Gasteiger charge is 2.26. The fraction of sp³-hybridized carbons (Fsp3) is 0.412. The Labute approximate surface area is 145 Å².